The summed E-state index contributed by atoms with van der Waals surface area (Å²) >= 11 is 0. The van der Waals surface area contributed by atoms with Gasteiger partial charge in [-0.2, -0.15) is 0 Å². The standard InChI is InChI=1S/C15H20N2O3/c1-3-20-14-6-4-13(5-7-14)17-10-12(8-15(17)19)9-16-11(2)18/h4-7,12H,3,8-10H2,1-2H3,(H,16,18). The van der Waals surface area contributed by atoms with Gasteiger partial charge < -0.3 is 15.0 Å². The number of benzene rings is 1. The first-order valence-electron chi connectivity index (χ1n) is 6.87. The minimum atomic E-state index is -0.0584. The molecule has 5 nitrogen and oxygen atoms in total. The fourth-order valence-electron chi connectivity index (χ4n) is 2.34. The Hall–Kier alpha value is -2.04. The minimum absolute atomic E-state index is 0.0584. The lowest BCUT2D eigenvalue weighted by molar-refractivity contribution is -0.120. The van der Waals surface area contributed by atoms with Crippen LogP contribution in [-0.2, 0) is 9.59 Å². The summed E-state index contributed by atoms with van der Waals surface area (Å²) in [5, 5.41) is 2.77. The van der Waals surface area contributed by atoms with Gasteiger partial charge in [0.2, 0.25) is 11.8 Å². The van der Waals surface area contributed by atoms with Gasteiger partial charge in [0.25, 0.3) is 0 Å². The van der Waals surface area contributed by atoms with E-state index in [-0.39, 0.29) is 17.7 Å². The van der Waals surface area contributed by atoms with Crippen LogP contribution in [0, 0.1) is 5.92 Å². The van der Waals surface area contributed by atoms with Crippen molar-refractivity contribution in [1.29, 1.82) is 0 Å². The molecule has 1 atom stereocenters. The first-order valence-corrected chi connectivity index (χ1v) is 6.87. The Balaban J connectivity index is 1.98. The van der Waals surface area contributed by atoms with Crippen LogP contribution in [0.5, 0.6) is 5.75 Å². The molecular formula is C15H20N2O3. The van der Waals surface area contributed by atoms with Crippen LogP contribution >= 0.6 is 0 Å². The molecule has 1 saturated heterocycles. The van der Waals surface area contributed by atoms with Crippen molar-refractivity contribution in [2.24, 2.45) is 5.92 Å². The number of amides is 2. The Morgan fingerprint density at radius 3 is 2.70 bits per heavy atom. The minimum Gasteiger partial charge on any atom is -0.494 e. The Kier molecular flexibility index (Phi) is 4.61. The van der Waals surface area contributed by atoms with Gasteiger partial charge in [-0.3, -0.25) is 9.59 Å². The van der Waals surface area contributed by atoms with Crippen LogP contribution in [-0.4, -0.2) is 31.5 Å². The van der Waals surface area contributed by atoms with E-state index in [1.807, 2.05) is 31.2 Å². The normalized spacial score (nSPS) is 18.2. The fraction of sp³-hybridized carbons (Fsp3) is 0.467. The number of ether oxygens (including phenoxy) is 1. The first-order chi connectivity index (χ1) is 9.60. The van der Waals surface area contributed by atoms with Crippen LogP contribution in [0.25, 0.3) is 0 Å². The van der Waals surface area contributed by atoms with E-state index in [9.17, 15) is 9.59 Å². The molecule has 1 fully saturated rings. The van der Waals surface area contributed by atoms with Gasteiger partial charge in [-0.1, -0.05) is 0 Å². The monoisotopic (exact) mass is 276 g/mol. The maximum Gasteiger partial charge on any atom is 0.227 e. The first kappa shape index (κ1) is 14.4. The molecule has 1 aromatic rings. The molecule has 1 unspecified atom stereocenters. The van der Waals surface area contributed by atoms with Crippen molar-refractivity contribution in [3.63, 3.8) is 0 Å². The van der Waals surface area contributed by atoms with Crippen LogP contribution in [0.4, 0.5) is 5.69 Å². The van der Waals surface area contributed by atoms with E-state index in [4.69, 9.17) is 4.74 Å². The molecule has 0 saturated carbocycles. The average Bonchev–Trinajstić information content (AvgIpc) is 2.79. The molecule has 1 N–H and O–H groups in total. The highest BCUT2D eigenvalue weighted by molar-refractivity contribution is 5.95. The van der Waals surface area contributed by atoms with Crippen molar-refractivity contribution in [3.8, 4) is 5.75 Å². The molecule has 108 valence electrons. The van der Waals surface area contributed by atoms with Crippen LogP contribution in [0.15, 0.2) is 24.3 Å². The largest absolute Gasteiger partial charge is 0.494 e. The molecule has 0 aliphatic carbocycles. The molecule has 1 aliphatic rings. The smallest absolute Gasteiger partial charge is 0.227 e. The second-order valence-electron chi connectivity index (χ2n) is 4.94. The number of rotatable bonds is 5. The second kappa shape index (κ2) is 6.41. The Bertz CT molecular complexity index is 484. The van der Waals surface area contributed by atoms with Crippen LogP contribution in [0.1, 0.15) is 20.3 Å². The van der Waals surface area contributed by atoms with Crippen molar-refractivity contribution in [3.05, 3.63) is 24.3 Å². The summed E-state index contributed by atoms with van der Waals surface area (Å²) in [5.41, 5.74) is 0.878. The highest BCUT2D eigenvalue weighted by Crippen LogP contribution is 2.26. The summed E-state index contributed by atoms with van der Waals surface area (Å²) in [7, 11) is 0. The SMILES string of the molecule is CCOc1ccc(N2CC(CNC(C)=O)CC2=O)cc1. The zero-order valence-corrected chi connectivity index (χ0v) is 11.9. The maximum atomic E-state index is 12.0. The molecule has 5 heteroatoms. The lowest BCUT2D eigenvalue weighted by Gasteiger charge is -2.17. The van der Waals surface area contributed by atoms with E-state index in [1.165, 1.54) is 6.92 Å². The summed E-state index contributed by atoms with van der Waals surface area (Å²) in [6.45, 7) is 5.24. The molecule has 0 aromatic heterocycles. The molecule has 20 heavy (non-hydrogen) atoms. The molecule has 1 heterocycles. The van der Waals surface area contributed by atoms with E-state index >= 15 is 0 Å². The van der Waals surface area contributed by atoms with Crippen LogP contribution in [0.3, 0.4) is 0 Å². The molecule has 1 aromatic carbocycles. The number of hydrogen-bond donors (Lipinski definition) is 1. The summed E-state index contributed by atoms with van der Waals surface area (Å²) in [4.78, 5) is 24.7. The zero-order valence-electron chi connectivity index (χ0n) is 11.9. The third-order valence-electron chi connectivity index (χ3n) is 3.30. The lowest BCUT2D eigenvalue weighted by Crippen LogP contribution is -2.29. The third kappa shape index (κ3) is 3.50. The number of hydrogen-bond acceptors (Lipinski definition) is 3. The Morgan fingerprint density at radius 2 is 2.10 bits per heavy atom. The topological polar surface area (TPSA) is 58.6 Å². The molecule has 2 rings (SSSR count). The van der Waals surface area contributed by atoms with E-state index in [1.54, 1.807) is 4.90 Å². The number of nitrogens with zero attached hydrogens (tertiary/aromatic N) is 1. The van der Waals surface area contributed by atoms with Gasteiger partial charge in [-0.15, -0.1) is 0 Å². The van der Waals surface area contributed by atoms with Crippen LogP contribution in [0.2, 0.25) is 0 Å². The second-order valence-corrected chi connectivity index (χ2v) is 4.94. The van der Waals surface area contributed by atoms with Gasteiger partial charge in [0.15, 0.2) is 0 Å². The molecule has 1 aliphatic heterocycles. The highest BCUT2D eigenvalue weighted by Gasteiger charge is 2.30. The average molecular weight is 276 g/mol. The van der Waals surface area contributed by atoms with Gasteiger partial charge in [-0.05, 0) is 31.2 Å². The molecule has 0 bridgehead atoms. The van der Waals surface area contributed by atoms with Crippen molar-refractivity contribution in [2.45, 2.75) is 20.3 Å². The summed E-state index contributed by atoms with van der Waals surface area (Å²) in [6.07, 6.45) is 0.480. The number of carbonyl (C=O) groups excluding carboxylic acids is 2. The summed E-state index contributed by atoms with van der Waals surface area (Å²) in [5.74, 6) is 1.03. The van der Waals surface area contributed by atoms with Gasteiger partial charge >= 0.3 is 0 Å². The highest BCUT2D eigenvalue weighted by atomic mass is 16.5. The van der Waals surface area contributed by atoms with Crippen LogP contribution < -0.4 is 15.0 Å². The molecule has 0 radical (unpaired) electrons. The predicted octanol–water partition coefficient (Wildman–Crippen LogP) is 1.57. The van der Waals surface area contributed by atoms with E-state index in [0.29, 0.717) is 26.1 Å². The van der Waals surface area contributed by atoms with Crippen molar-refractivity contribution in [1.82, 2.24) is 5.32 Å². The Labute approximate surface area is 118 Å². The van der Waals surface area contributed by atoms with E-state index in [0.717, 1.165) is 11.4 Å². The number of carbonyl (C=O) groups is 2. The maximum absolute atomic E-state index is 12.0. The zero-order chi connectivity index (χ0) is 14.5. The lowest BCUT2D eigenvalue weighted by atomic mass is 10.1. The van der Waals surface area contributed by atoms with Crippen molar-refractivity contribution >= 4 is 17.5 Å². The van der Waals surface area contributed by atoms with Gasteiger partial charge in [-0.25, -0.2) is 0 Å². The van der Waals surface area contributed by atoms with Gasteiger partial charge in [0.05, 0.1) is 6.61 Å². The molecule has 0 spiro atoms. The molecule has 2 amide bonds. The van der Waals surface area contributed by atoms with E-state index in [2.05, 4.69) is 5.32 Å². The summed E-state index contributed by atoms with van der Waals surface area (Å²) in [6, 6.07) is 7.52. The fourth-order valence-corrected chi connectivity index (χ4v) is 2.34. The predicted molar refractivity (Wildman–Crippen MR) is 76.8 cm³/mol. The third-order valence-corrected chi connectivity index (χ3v) is 3.30. The Morgan fingerprint density at radius 1 is 1.40 bits per heavy atom. The quantitative estimate of drug-likeness (QED) is 0.888. The number of nitrogens with one attached hydrogen (secondary N) is 1. The van der Waals surface area contributed by atoms with Gasteiger partial charge in [0, 0.05) is 38.0 Å². The van der Waals surface area contributed by atoms with Crippen molar-refractivity contribution in [2.75, 3.05) is 24.6 Å². The molecular weight excluding hydrogens is 256 g/mol. The van der Waals surface area contributed by atoms with E-state index < -0.39 is 0 Å². The van der Waals surface area contributed by atoms with Crippen molar-refractivity contribution < 1.29 is 14.3 Å². The number of anilines is 1. The van der Waals surface area contributed by atoms with Gasteiger partial charge in [0.1, 0.15) is 5.75 Å². The summed E-state index contributed by atoms with van der Waals surface area (Å²) < 4.78 is 5.39.